The average molecular weight is 258 g/mol. The molecule has 2 amide bonds. The Morgan fingerprint density at radius 1 is 1.69 bits per heavy atom. The normalized spacial score (nSPS) is 14.1. The van der Waals surface area contributed by atoms with Gasteiger partial charge >= 0.3 is 0 Å². The van der Waals surface area contributed by atoms with Crippen LogP contribution < -0.4 is 11.1 Å². The van der Waals surface area contributed by atoms with Crippen LogP contribution in [0, 0.1) is 6.42 Å². The second kappa shape index (κ2) is 5.31. The Balaban J connectivity index is 2.60. The lowest BCUT2D eigenvalue weighted by molar-refractivity contribution is -0.121. The van der Waals surface area contributed by atoms with Gasteiger partial charge in [-0.05, 0) is 13.2 Å². The van der Waals surface area contributed by atoms with Crippen LogP contribution in [0.2, 0.25) is 0 Å². The van der Waals surface area contributed by atoms with Gasteiger partial charge in [0.25, 0.3) is 0 Å². The van der Waals surface area contributed by atoms with Gasteiger partial charge in [-0.1, -0.05) is 0 Å². The Bertz CT molecular complexity index is 380. The summed E-state index contributed by atoms with van der Waals surface area (Å²) in [6.07, 6.45) is 4.57. The Morgan fingerprint density at radius 3 is 2.81 bits per heavy atom. The molecule has 7 heteroatoms. The molecule has 1 rings (SSSR count). The molecule has 0 spiro atoms. The van der Waals surface area contributed by atoms with E-state index in [1.165, 1.54) is 29.5 Å². The topological polar surface area (TPSA) is 85.1 Å². The van der Waals surface area contributed by atoms with Gasteiger partial charge in [0.05, 0.1) is 6.42 Å². The number of nitrogens with two attached hydrogens (primary N) is 1. The number of hydrogen-bond donors (Lipinski definition) is 2. The Hall–Kier alpha value is -1.08. The highest BCUT2D eigenvalue weighted by Crippen LogP contribution is 2.25. The van der Waals surface area contributed by atoms with Crippen molar-refractivity contribution >= 4 is 40.0 Å². The summed E-state index contributed by atoms with van der Waals surface area (Å²) in [5, 5.41) is 4.80. The van der Waals surface area contributed by atoms with Gasteiger partial charge in [0.15, 0.2) is 5.13 Å². The molecule has 0 saturated carbocycles. The zero-order valence-corrected chi connectivity index (χ0v) is 10.5. The van der Waals surface area contributed by atoms with Gasteiger partial charge in [0.2, 0.25) is 11.8 Å². The highest BCUT2D eigenvalue weighted by atomic mass is 32.2. The second-order valence-electron chi connectivity index (χ2n) is 3.15. The third-order valence-corrected chi connectivity index (χ3v) is 3.84. The van der Waals surface area contributed by atoms with Crippen molar-refractivity contribution in [3.63, 3.8) is 0 Å². The molecular formula is C9H12N3O2S2. The van der Waals surface area contributed by atoms with Gasteiger partial charge in [0, 0.05) is 11.6 Å². The van der Waals surface area contributed by atoms with Crippen LogP contribution in [0.1, 0.15) is 6.92 Å². The lowest BCUT2D eigenvalue weighted by Gasteiger charge is -2.21. The molecule has 1 aromatic heterocycles. The van der Waals surface area contributed by atoms with Crippen LogP contribution in [-0.2, 0) is 9.59 Å². The van der Waals surface area contributed by atoms with E-state index < -0.39 is 10.7 Å². The summed E-state index contributed by atoms with van der Waals surface area (Å²) < 4.78 is -0.999. The molecule has 87 valence electrons. The van der Waals surface area contributed by atoms with Crippen LogP contribution in [0.15, 0.2) is 11.6 Å². The molecule has 0 aliphatic carbocycles. The number of nitrogens with one attached hydrogen (secondary N) is 1. The third-order valence-electron chi connectivity index (χ3n) is 1.98. The summed E-state index contributed by atoms with van der Waals surface area (Å²) in [5.74, 6) is -0.931. The Morgan fingerprint density at radius 2 is 2.38 bits per heavy atom. The molecule has 0 fully saturated rings. The van der Waals surface area contributed by atoms with Gasteiger partial charge in [-0.25, -0.2) is 4.98 Å². The standard InChI is InChI=1S/C9H12N3O2S2/c1-9(15-2,7(10)14)5-6(13)12-8-11-3-4-16-8/h3-5H,1-2H3,(H2,10,14)(H,11,12,13). The van der Waals surface area contributed by atoms with E-state index in [1.807, 2.05) is 0 Å². The summed E-state index contributed by atoms with van der Waals surface area (Å²) >= 11 is 2.52. The second-order valence-corrected chi connectivity index (χ2v) is 5.30. The molecule has 0 saturated heterocycles. The molecule has 0 aliphatic rings. The number of aromatic nitrogens is 1. The molecule has 1 radical (unpaired) electrons. The molecule has 3 N–H and O–H groups in total. The van der Waals surface area contributed by atoms with Crippen molar-refractivity contribution in [1.82, 2.24) is 4.98 Å². The summed E-state index contributed by atoms with van der Waals surface area (Å²) in [7, 11) is 0. The van der Waals surface area contributed by atoms with Crippen LogP contribution in [0.4, 0.5) is 5.13 Å². The molecule has 0 bridgehead atoms. The van der Waals surface area contributed by atoms with Crippen molar-refractivity contribution in [2.75, 3.05) is 11.6 Å². The number of nitrogens with zero attached hydrogens (tertiary/aromatic N) is 1. The van der Waals surface area contributed by atoms with Crippen molar-refractivity contribution in [2.45, 2.75) is 11.7 Å². The Labute approximate surface area is 102 Å². The number of rotatable bonds is 5. The van der Waals surface area contributed by atoms with E-state index in [9.17, 15) is 9.59 Å². The number of carbonyl (C=O) groups excluding carboxylic acids is 2. The largest absolute Gasteiger partial charge is 0.368 e. The number of anilines is 1. The smallest absolute Gasteiger partial charge is 0.234 e. The average Bonchev–Trinajstić information content (AvgIpc) is 2.69. The van der Waals surface area contributed by atoms with Crippen LogP contribution in [-0.4, -0.2) is 27.8 Å². The maximum Gasteiger partial charge on any atom is 0.234 e. The number of thiazole rings is 1. The first-order valence-electron chi connectivity index (χ1n) is 4.39. The van der Waals surface area contributed by atoms with Crippen LogP contribution >= 0.6 is 23.1 Å². The molecule has 1 atom stereocenters. The van der Waals surface area contributed by atoms with Gasteiger partial charge in [-0.3, -0.25) is 9.59 Å². The lowest BCUT2D eigenvalue weighted by atomic mass is 10.1. The summed E-state index contributed by atoms with van der Waals surface area (Å²) in [6.45, 7) is 1.60. The highest BCUT2D eigenvalue weighted by Gasteiger charge is 2.33. The molecule has 0 aromatic carbocycles. The maximum atomic E-state index is 11.6. The number of hydrogen-bond acceptors (Lipinski definition) is 5. The summed E-state index contributed by atoms with van der Waals surface area (Å²) in [6, 6.07) is 0. The lowest BCUT2D eigenvalue weighted by Crippen LogP contribution is -2.41. The van der Waals surface area contributed by atoms with Gasteiger partial charge in [-0.15, -0.1) is 23.1 Å². The van der Waals surface area contributed by atoms with Crippen molar-refractivity contribution in [3.8, 4) is 0 Å². The fourth-order valence-electron chi connectivity index (χ4n) is 0.907. The van der Waals surface area contributed by atoms with Crippen molar-refractivity contribution < 1.29 is 9.59 Å². The predicted octanol–water partition coefficient (Wildman–Crippen LogP) is 0.893. The number of amides is 2. The van der Waals surface area contributed by atoms with Crippen molar-refractivity contribution in [1.29, 1.82) is 0 Å². The summed E-state index contributed by atoms with van der Waals surface area (Å²) in [5.41, 5.74) is 5.22. The molecule has 1 aromatic rings. The molecular weight excluding hydrogens is 246 g/mol. The van der Waals surface area contributed by atoms with Crippen LogP contribution in [0.25, 0.3) is 0 Å². The zero-order chi connectivity index (χ0) is 12.2. The first-order valence-corrected chi connectivity index (χ1v) is 6.50. The minimum Gasteiger partial charge on any atom is -0.368 e. The monoisotopic (exact) mass is 258 g/mol. The molecule has 5 nitrogen and oxygen atoms in total. The van der Waals surface area contributed by atoms with Crippen LogP contribution in [0.3, 0.4) is 0 Å². The van der Waals surface area contributed by atoms with E-state index in [2.05, 4.69) is 10.3 Å². The van der Waals surface area contributed by atoms with Crippen LogP contribution in [0.5, 0.6) is 0 Å². The fourth-order valence-corrected chi connectivity index (χ4v) is 1.87. The summed E-state index contributed by atoms with van der Waals surface area (Å²) in [4.78, 5) is 26.6. The van der Waals surface area contributed by atoms with Crippen molar-refractivity contribution in [2.24, 2.45) is 5.73 Å². The third kappa shape index (κ3) is 3.21. The molecule has 1 unspecified atom stereocenters. The SMILES string of the molecule is CSC(C)([CH]C(=O)Nc1nccs1)C(N)=O. The van der Waals surface area contributed by atoms with E-state index in [0.717, 1.165) is 0 Å². The minimum absolute atomic E-state index is 0.384. The van der Waals surface area contributed by atoms with E-state index in [4.69, 9.17) is 5.73 Å². The Kier molecular flexibility index (Phi) is 4.31. The molecule has 1 heterocycles. The van der Waals surface area contributed by atoms with Gasteiger partial charge in [0.1, 0.15) is 4.75 Å². The van der Waals surface area contributed by atoms with E-state index in [-0.39, 0.29) is 5.91 Å². The van der Waals surface area contributed by atoms with E-state index >= 15 is 0 Å². The van der Waals surface area contributed by atoms with Gasteiger partial charge in [-0.2, -0.15) is 0 Å². The number of thioether (sulfide) groups is 1. The van der Waals surface area contributed by atoms with E-state index in [1.54, 1.807) is 24.8 Å². The zero-order valence-electron chi connectivity index (χ0n) is 8.89. The van der Waals surface area contributed by atoms with Gasteiger partial charge < -0.3 is 11.1 Å². The quantitative estimate of drug-likeness (QED) is 0.821. The van der Waals surface area contributed by atoms with E-state index in [0.29, 0.717) is 5.13 Å². The molecule has 0 aliphatic heterocycles. The minimum atomic E-state index is -0.999. The fraction of sp³-hybridized carbons (Fsp3) is 0.333. The number of primary amides is 1. The van der Waals surface area contributed by atoms with Crippen molar-refractivity contribution in [3.05, 3.63) is 18.0 Å². The highest BCUT2D eigenvalue weighted by molar-refractivity contribution is 8.00. The number of carbonyl (C=O) groups is 2. The molecule has 16 heavy (non-hydrogen) atoms. The first-order chi connectivity index (χ1) is 7.48. The maximum absolute atomic E-state index is 11.6. The predicted molar refractivity (Wildman–Crippen MR) is 66.2 cm³/mol. The first kappa shape index (κ1) is 13.0.